The van der Waals surface area contributed by atoms with E-state index in [1.807, 2.05) is 24.3 Å². The minimum atomic E-state index is 0.644. The van der Waals surface area contributed by atoms with E-state index in [0.29, 0.717) is 5.92 Å². The molecule has 0 bridgehead atoms. The lowest BCUT2D eigenvalue weighted by atomic mass is 10.1. The van der Waals surface area contributed by atoms with Crippen LogP contribution in [0.1, 0.15) is 24.2 Å². The Morgan fingerprint density at radius 2 is 1.86 bits per heavy atom. The van der Waals surface area contributed by atoms with Crippen LogP contribution >= 0.6 is 0 Å². The van der Waals surface area contributed by atoms with E-state index in [-0.39, 0.29) is 0 Å². The van der Waals surface area contributed by atoms with Crippen molar-refractivity contribution in [3.05, 3.63) is 29.8 Å². The molecule has 76 valence electrons. The van der Waals surface area contributed by atoms with E-state index >= 15 is 0 Å². The Labute approximate surface area is 85.5 Å². The zero-order valence-corrected chi connectivity index (χ0v) is 9.03. The van der Waals surface area contributed by atoms with Gasteiger partial charge in [-0.25, -0.2) is 0 Å². The number of aldehydes is 1. The molecule has 0 unspecified atom stereocenters. The first-order chi connectivity index (χ1) is 6.63. The third-order valence-electron chi connectivity index (χ3n) is 2.11. The Balaban J connectivity index is 2.71. The van der Waals surface area contributed by atoms with Crippen LogP contribution in [0.3, 0.4) is 0 Å². The van der Waals surface area contributed by atoms with Crippen molar-refractivity contribution in [3.63, 3.8) is 0 Å². The number of nitrogens with zero attached hydrogens (tertiary/aromatic N) is 1. The van der Waals surface area contributed by atoms with Gasteiger partial charge in [-0.05, 0) is 30.2 Å². The summed E-state index contributed by atoms with van der Waals surface area (Å²) >= 11 is 0. The average Bonchev–Trinajstić information content (AvgIpc) is 2.17. The molecule has 1 rings (SSSR count). The van der Waals surface area contributed by atoms with Gasteiger partial charge in [-0.2, -0.15) is 0 Å². The van der Waals surface area contributed by atoms with Gasteiger partial charge in [0.2, 0.25) is 0 Å². The van der Waals surface area contributed by atoms with Crippen molar-refractivity contribution < 1.29 is 4.79 Å². The second-order valence-corrected chi connectivity index (χ2v) is 3.98. The first kappa shape index (κ1) is 10.8. The first-order valence-electron chi connectivity index (χ1n) is 4.90. The summed E-state index contributed by atoms with van der Waals surface area (Å²) in [4.78, 5) is 12.6. The van der Waals surface area contributed by atoms with Crippen molar-refractivity contribution in [2.75, 3.05) is 18.5 Å². The van der Waals surface area contributed by atoms with Gasteiger partial charge in [-0.3, -0.25) is 4.79 Å². The minimum absolute atomic E-state index is 0.644. The molecule has 0 heterocycles. The predicted molar refractivity (Wildman–Crippen MR) is 59.9 cm³/mol. The van der Waals surface area contributed by atoms with Crippen LogP contribution in [-0.2, 0) is 0 Å². The third kappa shape index (κ3) is 2.87. The number of carbonyl (C=O) groups is 1. The molecule has 0 aromatic heterocycles. The highest BCUT2D eigenvalue weighted by Gasteiger charge is 2.02. The fraction of sp³-hybridized carbons (Fsp3) is 0.417. The van der Waals surface area contributed by atoms with Crippen molar-refractivity contribution in [2.45, 2.75) is 13.8 Å². The average molecular weight is 191 g/mol. The molecule has 0 saturated carbocycles. The molecule has 2 heteroatoms. The van der Waals surface area contributed by atoms with E-state index in [1.165, 1.54) is 0 Å². The van der Waals surface area contributed by atoms with Gasteiger partial charge >= 0.3 is 0 Å². The Morgan fingerprint density at radius 1 is 1.29 bits per heavy atom. The SMILES string of the molecule is CC(C)CN(C)c1ccc(C=O)cc1. The fourth-order valence-corrected chi connectivity index (χ4v) is 1.46. The quantitative estimate of drug-likeness (QED) is 0.682. The van der Waals surface area contributed by atoms with Crippen LogP contribution < -0.4 is 4.90 Å². The van der Waals surface area contributed by atoms with E-state index in [1.54, 1.807) is 0 Å². The van der Waals surface area contributed by atoms with E-state index in [2.05, 4.69) is 25.8 Å². The van der Waals surface area contributed by atoms with Gasteiger partial charge < -0.3 is 4.90 Å². The molecule has 14 heavy (non-hydrogen) atoms. The maximum Gasteiger partial charge on any atom is 0.150 e. The number of benzene rings is 1. The van der Waals surface area contributed by atoms with Crippen molar-refractivity contribution >= 4 is 12.0 Å². The Morgan fingerprint density at radius 3 is 2.29 bits per heavy atom. The smallest absolute Gasteiger partial charge is 0.150 e. The molecule has 0 atom stereocenters. The zero-order valence-electron chi connectivity index (χ0n) is 9.03. The molecule has 0 spiro atoms. The van der Waals surface area contributed by atoms with Gasteiger partial charge in [0.05, 0.1) is 0 Å². The highest BCUT2D eigenvalue weighted by Crippen LogP contribution is 2.14. The van der Waals surface area contributed by atoms with E-state index in [4.69, 9.17) is 0 Å². The van der Waals surface area contributed by atoms with Crippen molar-refractivity contribution in [3.8, 4) is 0 Å². The number of carbonyl (C=O) groups excluding carboxylic acids is 1. The fourth-order valence-electron chi connectivity index (χ4n) is 1.46. The molecule has 0 aliphatic rings. The normalized spacial score (nSPS) is 10.3. The molecule has 2 nitrogen and oxygen atoms in total. The summed E-state index contributed by atoms with van der Waals surface area (Å²) in [7, 11) is 2.07. The largest absolute Gasteiger partial charge is 0.374 e. The number of hydrogen-bond acceptors (Lipinski definition) is 2. The summed E-state index contributed by atoms with van der Waals surface area (Å²) < 4.78 is 0. The molecule has 0 N–H and O–H groups in total. The highest BCUT2D eigenvalue weighted by atomic mass is 16.1. The van der Waals surface area contributed by atoms with Crippen molar-refractivity contribution in [1.29, 1.82) is 0 Å². The first-order valence-corrected chi connectivity index (χ1v) is 4.90. The van der Waals surface area contributed by atoms with Crippen LogP contribution in [0.4, 0.5) is 5.69 Å². The third-order valence-corrected chi connectivity index (χ3v) is 2.11. The van der Waals surface area contributed by atoms with Gasteiger partial charge in [0.1, 0.15) is 6.29 Å². The lowest BCUT2D eigenvalue weighted by Gasteiger charge is -2.21. The Kier molecular flexibility index (Phi) is 3.69. The standard InChI is InChI=1S/C12H17NO/c1-10(2)8-13(3)12-6-4-11(9-14)5-7-12/h4-7,9-10H,8H2,1-3H3. The molecule has 1 aromatic rings. The summed E-state index contributed by atoms with van der Waals surface area (Å²) in [5, 5.41) is 0. The molecule has 0 radical (unpaired) electrons. The monoisotopic (exact) mass is 191 g/mol. The molecule has 0 saturated heterocycles. The second kappa shape index (κ2) is 4.80. The highest BCUT2D eigenvalue weighted by molar-refractivity contribution is 5.75. The van der Waals surface area contributed by atoms with Crippen molar-refractivity contribution in [1.82, 2.24) is 0 Å². The van der Waals surface area contributed by atoms with E-state index in [0.717, 1.165) is 24.1 Å². The van der Waals surface area contributed by atoms with Gasteiger partial charge in [0.25, 0.3) is 0 Å². The predicted octanol–water partition coefficient (Wildman–Crippen LogP) is 2.59. The van der Waals surface area contributed by atoms with Gasteiger partial charge in [0, 0.05) is 24.8 Å². The molecule has 0 aliphatic heterocycles. The summed E-state index contributed by atoms with van der Waals surface area (Å²) in [6.45, 7) is 5.41. The zero-order chi connectivity index (χ0) is 10.6. The van der Waals surface area contributed by atoms with Crippen LogP contribution in [0.5, 0.6) is 0 Å². The molecule has 1 aromatic carbocycles. The van der Waals surface area contributed by atoms with Crippen LogP contribution in [0.15, 0.2) is 24.3 Å². The van der Waals surface area contributed by atoms with E-state index < -0.39 is 0 Å². The van der Waals surface area contributed by atoms with Gasteiger partial charge in [-0.15, -0.1) is 0 Å². The summed E-state index contributed by atoms with van der Waals surface area (Å²) in [5.74, 6) is 0.644. The maximum absolute atomic E-state index is 10.5. The number of anilines is 1. The molecule has 0 fully saturated rings. The lowest BCUT2D eigenvalue weighted by molar-refractivity contribution is 0.112. The molecule has 0 amide bonds. The van der Waals surface area contributed by atoms with E-state index in [9.17, 15) is 4.79 Å². The molecular formula is C12H17NO. The van der Waals surface area contributed by atoms with Crippen LogP contribution in [0.25, 0.3) is 0 Å². The summed E-state index contributed by atoms with van der Waals surface area (Å²) in [6.07, 6.45) is 0.867. The molecular weight excluding hydrogens is 174 g/mol. The number of rotatable bonds is 4. The van der Waals surface area contributed by atoms with Crippen LogP contribution in [0, 0.1) is 5.92 Å². The Bertz CT molecular complexity index is 290. The summed E-state index contributed by atoms with van der Waals surface area (Å²) in [5.41, 5.74) is 1.89. The van der Waals surface area contributed by atoms with Crippen LogP contribution in [-0.4, -0.2) is 19.9 Å². The summed E-state index contributed by atoms with van der Waals surface area (Å²) in [6, 6.07) is 7.65. The Hall–Kier alpha value is -1.31. The number of hydrogen-bond donors (Lipinski definition) is 0. The van der Waals surface area contributed by atoms with Gasteiger partial charge in [-0.1, -0.05) is 13.8 Å². The van der Waals surface area contributed by atoms with Gasteiger partial charge in [0.15, 0.2) is 0 Å². The van der Waals surface area contributed by atoms with Crippen LogP contribution in [0.2, 0.25) is 0 Å². The lowest BCUT2D eigenvalue weighted by Crippen LogP contribution is -2.22. The van der Waals surface area contributed by atoms with Crippen molar-refractivity contribution in [2.24, 2.45) is 5.92 Å². The topological polar surface area (TPSA) is 20.3 Å². The maximum atomic E-state index is 10.5. The minimum Gasteiger partial charge on any atom is -0.374 e. The molecule has 0 aliphatic carbocycles. The second-order valence-electron chi connectivity index (χ2n) is 3.98.